The van der Waals surface area contributed by atoms with Gasteiger partial charge in [-0.25, -0.2) is 0 Å². The minimum absolute atomic E-state index is 0.227. The van der Waals surface area contributed by atoms with E-state index in [-0.39, 0.29) is 6.10 Å². The average molecular weight is 277 g/mol. The van der Waals surface area contributed by atoms with Gasteiger partial charge < -0.3 is 14.8 Å². The van der Waals surface area contributed by atoms with Crippen molar-refractivity contribution >= 4 is 0 Å². The fourth-order valence-electron chi connectivity index (χ4n) is 2.91. The Bertz CT molecular complexity index is 394. The van der Waals surface area contributed by atoms with Crippen molar-refractivity contribution in [1.29, 1.82) is 0 Å². The summed E-state index contributed by atoms with van der Waals surface area (Å²) < 4.78 is 11.3. The molecule has 1 aromatic rings. The molecule has 1 N–H and O–H groups in total. The van der Waals surface area contributed by atoms with Crippen LogP contribution in [0.15, 0.2) is 24.3 Å². The number of rotatable bonds is 7. The number of nitrogens with one attached hydrogen (secondary N) is 1. The number of hydrogen-bond donors (Lipinski definition) is 1. The van der Waals surface area contributed by atoms with Gasteiger partial charge in [0.1, 0.15) is 0 Å². The zero-order valence-electron chi connectivity index (χ0n) is 12.7. The maximum absolute atomic E-state index is 6.06. The topological polar surface area (TPSA) is 30.5 Å². The van der Waals surface area contributed by atoms with Crippen molar-refractivity contribution in [3.8, 4) is 0 Å². The van der Waals surface area contributed by atoms with Gasteiger partial charge in [0.15, 0.2) is 0 Å². The van der Waals surface area contributed by atoms with E-state index in [2.05, 4.69) is 36.5 Å². The van der Waals surface area contributed by atoms with Crippen molar-refractivity contribution in [1.82, 2.24) is 5.32 Å². The van der Waals surface area contributed by atoms with Gasteiger partial charge in [0, 0.05) is 26.2 Å². The minimum Gasteiger partial charge on any atom is -0.380 e. The molecule has 2 unspecified atom stereocenters. The molecular weight excluding hydrogens is 250 g/mol. The Morgan fingerprint density at radius 3 is 3.10 bits per heavy atom. The summed E-state index contributed by atoms with van der Waals surface area (Å²) in [7, 11) is 1.74. The van der Waals surface area contributed by atoms with Gasteiger partial charge in [0.2, 0.25) is 0 Å². The van der Waals surface area contributed by atoms with Crippen molar-refractivity contribution in [3.05, 3.63) is 35.4 Å². The summed E-state index contributed by atoms with van der Waals surface area (Å²) in [6, 6.07) is 8.63. The Balaban J connectivity index is 2.04. The maximum atomic E-state index is 6.06. The third kappa shape index (κ3) is 4.30. The van der Waals surface area contributed by atoms with E-state index in [9.17, 15) is 0 Å². The smallest absolute Gasteiger partial charge is 0.0865 e. The molecule has 112 valence electrons. The zero-order valence-corrected chi connectivity index (χ0v) is 12.7. The molecule has 0 aromatic heterocycles. The minimum atomic E-state index is 0.227. The van der Waals surface area contributed by atoms with E-state index in [0.29, 0.717) is 12.5 Å². The van der Waals surface area contributed by atoms with E-state index >= 15 is 0 Å². The first-order valence-electron chi connectivity index (χ1n) is 7.75. The van der Waals surface area contributed by atoms with E-state index in [0.717, 1.165) is 19.7 Å². The van der Waals surface area contributed by atoms with Gasteiger partial charge in [-0.1, -0.05) is 31.2 Å². The predicted molar refractivity (Wildman–Crippen MR) is 81.7 cm³/mol. The summed E-state index contributed by atoms with van der Waals surface area (Å²) >= 11 is 0. The van der Waals surface area contributed by atoms with E-state index in [1.807, 2.05) is 0 Å². The van der Waals surface area contributed by atoms with Gasteiger partial charge in [-0.05, 0) is 36.9 Å². The summed E-state index contributed by atoms with van der Waals surface area (Å²) in [5.41, 5.74) is 2.52. The second-order valence-corrected chi connectivity index (χ2v) is 5.58. The fraction of sp³-hybridized carbons (Fsp3) is 0.647. The highest BCUT2D eigenvalue weighted by atomic mass is 16.5. The van der Waals surface area contributed by atoms with Gasteiger partial charge in [0.05, 0.1) is 12.7 Å². The van der Waals surface area contributed by atoms with Gasteiger partial charge >= 0.3 is 0 Å². The summed E-state index contributed by atoms with van der Waals surface area (Å²) in [4.78, 5) is 0. The second kappa shape index (κ2) is 8.40. The van der Waals surface area contributed by atoms with Crippen molar-refractivity contribution in [3.63, 3.8) is 0 Å². The highest BCUT2D eigenvalue weighted by molar-refractivity contribution is 5.25. The summed E-state index contributed by atoms with van der Waals surface area (Å²) in [5.74, 6) is 0.577. The molecule has 2 rings (SSSR count). The molecule has 0 spiro atoms. The predicted octanol–water partition coefficient (Wildman–Crippen LogP) is 3.30. The normalized spacial score (nSPS) is 22.9. The molecule has 1 aliphatic rings. The molecular formula is C17H27NO2. The molecule has 0 saturated carbocycles. The second-order valence-electron chi connectivity index (χ2n) is 5.58. The molecule has 0 radical (unpaired) electrons. The Hall–Kier alpha value is -0.900. The molecule has 1 aliphatic heterocycles. The highest BCUT2D eigenvalue weighted by Gasteiger charge is 2.27. The number of hydrogen-bond acceptors (Lipinski definition) is 3. The van der Waals surface area contributed by atoms with Crippen LogP contribution in [0.3, 0.4) is 0 Å². The van der Waals surface area contributed by atoms with Gasteiger partial charge in [-0.2, -0.15) is 0 Å². The molecule has 1 fully saturated rings. The fourth-order valence-corrected chi connectivity index (χ4v) is 2.91. The number of methoxy groups -OCH3 is 1. The number of benzene rings is 1. The summed E-state index contributed by atoms with van der Waals surface area (Å²) in [5, 5.41) is 3.54. The van der Waals surface area contributed by atoms with Crippen LogP contribution in [0.1, 0.15) is 43.4 Å². The Morgan fingerprint density at radius 1 is 1.40 bits per heavy atom. The van der Waals surface area contributed by atoms with Gasteiger partial charge in [0.25, 0.3) is 0 Å². The largest absolute Gasteiger partial charge is 0.380 e. The van der Waals surface area contributed by atoms with E-state index in [1.54, 1.807) is 7.11 Å². The average Bonchev–Trinajstić information content (AvgIpc) is 2.49. The summed E-state index contributed by atoms with van der Waals surface area (Å²) in [6.45, 7) is 5.89. The van der Waals surface area contributed by atoms with Crippen molar-refractivity contribution < 1.29 is 9.47 Å². The van der Waals surface area contributed by atoms with Crippen LogP contribution in [-0.4, -0.2) is 26.8 Å². The van der Waals surface area contributed by atoms with E-state index in [1.165, 1.54) is 30.4 Å². The maximum Gasteiger partial charge on any atom is 0.0865 e. The third-order valence-electron chi connectivity index (χ3n) is 3.87. The molecule has 20 heavy (non-hydrogen) atoms. The lowest BCUT2D eigenvalue weighted by atomic mass is 9.89. The molecule has 1 aromatic carbocycles. The molecule has 3 heteroatoms. The standard InChI is InChI=1S/C17H27NO2/c1-3-9-18-12-16-8-5-10-20-17(16)15-7-4-6-14(11-15)13-19-2/h4,6-7,11,16-18H,3,5,8-10,12-13H2,1-2H3. The van der Waals surface area contributed by atoms with Crippen molar-refractivity contribution in [2.75, 3.05) is 26.8 Å². The molecule has 1 saturated heterocycles. The lowest BCUT2D eigenvalue weighted by Gasteiger charge is -2.32. The molecule has 1 heterocycles. The quantitative estimate of drug-likeness (QED) is 0.776. The lowest BCUT2D eigenvalue weighted by Crippen LogP contribution is -2.32. The third-order valence-corrected chi connectivity index (χ3v) is 3.87. The van der Waals surface area contributed by atoms with Crippen LogP contribution in [0.5, 0.6) is 0 Å². The Morgan fingerprint density at radius 2 is 2.30 bits per heavy atom. The molecule has 2 atom stereocenters. The molecule has 0 amide bonds. The first kappa shape index (κ1) is 15.5. The van der Waals surface area contributed by atoms with Crippen LogP contribution in [0.4, 0.5) is 0 Å². The molecule has 3 nitrogen and oxygen atoms in total. The van der Waals surface area contributed by atoms with Crippen LogP contribution in [-0.2, 0) is 16.1 Å². The Kier molecular flexibility index (Phi) is 6.51. The van der Waals surface area contributed by atoms with E-state index < -0.39 is 0 Å². The molecule has 0 bridgehead atoms. The Labute approximate surface area is 122 Å². The zero-order chi connectivity index (χ0) is 14.2. The highest BCUT2D eigenvalue weighted by Crippen LogP contribution is 2.33. The van der Waals surface area contributed by atoms with Crippen LogP contribution in [0, 0.1) is 5.92 Å². The summed E-state index contributed by atoms with van der Waals surface area (Å²) in [6.07, 6.45) is 3.83. The van der Waals surface area contributed by atoms with Crippen LogP contribution < -0.4 is 5.32 Å². The first-order chi connectivity index (χ1) is 9.85. The van der Waals surface area contributed by atoms with E-state index in [4.69, 9.17) is 9.47 Å². The van der Waals surface area contributed by atoms with Crippen LogP contribution in [0.25, 0.3) is 0 Å². The first-order valence-corrected chi connectivity index (χ1v) is 7.75. The van der Waals surface area contributed by atoms with Crippen LogP contribution in [0.2, 0.25) is 0 Å². The SMILES string of the molecule is CCCNCC1CCCOC1c1cccc(COC)c1. The lowest BCUT2D eigenvalue weighted by molar-refractivity contribution is -0.0277. The van der Waals surface area contributed by atoms with Crippen molar-refractivity contribution in [2.24, 2.45) is 5.92 Å². The number of ether oxygens (including phenoxy) is 2. The van der Waals surface area contributed by atoms with Gasteiger partial charge in [-0.3, -0.25) is 0 Å². The van der Waals surface area contributed by atoms with Crippen molar-refractivity contribution in [2.45, 2.75) is 38.9 Å². The van der Waals surface area contributed by atoms with Crippen LogP contribution >= 0.6 is 0 Å². The van der Waals surface area contributed by atoms with Gasteiger partial charge in [-0.15, -0.1) is 0 Å². The molecule has 0 aliphatic carbocycles. The monoisotopic (exact) mass is 277 g/mol.